The predicted octanol–water partition coefficient (Wildman–Crippen LogP) is 1.88. The Morgan fingerprint density at radius 2 is 1.90 bits per heavy atom. The fourth-order valence-corrected chi connectivity index (χ4v) is 3.91. The number of carbonyl (C=O) groups is 1. The summed E-state index contributed by atoms with van der Waals surface area (Å²) < 4.78 is 21.3. The van der Waals surface area contributed by atoms with E-state index >= 15 is 0 Å². The largest absolute Gasteiger partial charge is 0.468 e. The molecule has 0 saturated carbocycles. The lowest BCUT2D eigenvalue weighted by Crippen LogP contribution is -2.38. The minimum absolute atomic E-state index is 0.0149. The Hall–Kier alpha value is -3.01. The first-order valence-corrected chi connectivity index (χ1v) is 9.65. The molecule has 152 valence electrons. The lowest BCUT2D eigenvalue weighted by molar-refractivity contribution is -0.140. The van der Waals surface area contributed by atoms with Crippen LogP contribution in [-0.2, 0) is 23.6 Å². The smallest absolute Gasteiger partial charge is 0.332 e. The molecule has 3 aromatic rings. The number of fused-ring (bicyclic) bond motifs is 1. The van der Waals surface area contributed by atoms with Crippen LogP contribution in [0.3, 0.4) is 0 Å². The fourth-order valence-electron chi connectivity index (χ4n) is 2.84. The number of hydrogen-bond acceptors (Lipinski definition) is 7. The van der Waals surface area contributed by atoms with Crippen LogP contribution in [0, 0.1) is 5.82 Å². The molecule has 2 aromatic heterocycles. The molecule has 1 aromatic carbocycles. The van der Waals surface area contributed by atoms with Crippen LogP contribution in [-0.4, -0.2) is 37.4 Å². The lowest BCUT2D eigenvalue weighted by Gasteiger charge is -2.15. The molecule has 0 saturated heterocycles. The lowest BCUT2D eigenvalue weighted by atomic mass is 10.2. The maximum absolute atomic E-state index is 14.3. The van der Waals surface area contributed by atoms with Gasteiger partial charge in [0.1, 0.15) is 21.5 Å². The number of hydrogen-bond donors (Lipinski definition) is 0. The van der Waals surface area contributed by atoms with Crippen LogP contribution in [0.25, 0.3) is 22.4 Å². The molecule has 2 heterocycles. The Bertz CT molecular complexity index is 1220. The van der Waals surface area contributed by atoms with Gasteiger partial charge in [-0.2, -0.15) is 0 Å². The van der Waals surface area contributed by atoms with Crippen molar-refractivity contribution >= 4 is 28.8 Å². The molecule has 3 rings (SSSR count). The van der Waals surface area contributed by atoms with Gasteiger partial charge in [-0.25, -0.2) is 19.2 Å². The van der Waals surface area contributed by atoms with E-state index in [9.17, 15) is 18.8 Å². The minimum Gasteiger partial charge on any atom is -0.468 e. The van der Waals surface area contributed by atoms with Crippen LogP contribution in [0.5, 0.6) is 0 Å². The molecule has 0 aliphatic rings. The number of nitrogens with zero attached hydrogens (tertiary/aromatic N) is 4. The number of aromatic nitrogens is 4. The van der Waals surface area contributed by atoms with Crippen molar-refractivity contribution in [3.05, 3.63) is 50.9 Å². The zero-order valence-corrected chi connectivity index (χ0v) is 17.1. The van der Waals surface area contributed by atoms with Gasteiger partial charge in [0, 0.05) is 14.1 Å². The van der Waals surface area contributed by atoms with E-state index in [1.54, 1.807) is 13.0 Å². The van der Waals surface area contributed by atoms with Gasteiger partial charge in [0.25, 0.3) is 5.56 Å². The zero-order chi connectivity index (χ0) is 21.3. The molecule has 0 unspecified atom stereocenters. The first kappa shape index (κ1) is 20.7. The zero-order valence-electron chi connectivity index (χ0n) is 16.3. The van der Waals surface area contributed by atoms with Gasteiger partial charge in [-0.15, -0.1) is 0 Å². The van der Waals surface area contributed by atoms with E-state index in [0.29, 0.717) is 6.42 Å². The Kier molecular flexibility index (Phi) is 5.83. The SMILES string of the molecule is CC[C@@H](Sc1nc(-c2ccccc2F)nc2c1c(=O)n(C)c(=O)n2C)C(=O)OC. The Morgan fingerprint density at radius 3 is 2.52 bits per heavy atom. The summed E-state index contributed by atoms with van der Waals surface area (Å²) in [6.45, 7) is 1.80. The van der Waals surface area contributed by atoms with E-state index < -0.39 is 28.3 Å². The monoisotopic (exact) mass is 418 g/mol. The number of methoxy groups -OCH3 is 1. The van der Waals surface area contributed by atoms with Crippen LogP contribution in [0.2, 0.25) is 0 Å². The van der Waals surface area contributed by atoms with E-state index in [4.69, 9.17) is 4.74 Å². The molecule has 0 amide bonds. The third-order valence-corrected chi connectivity index (χ3v) is 5.80. The van der Waals surface area contributed by atoms with Gasteiger partial charge in [-0.1, -0.05) is 30.8 Å². The van der Waals surface area contributed by atoms with Crippen molar-refractivity contribution in [2.75, 3.05) is 7.11 Å². The van der Waals surface area contributed by atoms with Gasteiger partial charge in [0.2, 0.25) is 0 Å². The molecular weight excluding hydrogens is 399 g/mol. The van der Waals surface area contributed by atoms with Crippen molar-refractivity contribution in [3.63, 3.8) is 0 Å². The third-order valence-electron chi connectivity index (χ3n) is 4.47. The second-order valence-electron chi connectivity index (χ2n) is 6.27. The predicted molar refractivity (Wildman–Crippen MR) is 107 cm³/mol. The average molecular weight is 418 g/mol. The first-order chi connectivity index (χ1) is 13.8. The van der Waals surface area contributed by atoms with Crippen molar-refractivity contribution in [2.24, 2.45) is 14.1 Å². The summed E-state index contributed by atoms with van der Waals surface area (Å²) in [5.41, 5.74) is -0.980. The van der Waals surface area contributed by atoms with Crippen molar-refractivity contribution in [1.82, 2.24) is 19.1 Å². The number of ether oxygens (including phenoxy) is 1. The molecule has 0 aliphatic heterocycles. The number of esters is 1. The van der Waals surface area contributed by atoms with Crippen LogP contribution < -0.4 is 11.2 Å². The normalized spacial score (nSPS) is 12.2. The van der Waals surface area contributed by atoms with Crippen LogP contribution in [0.1, 0.15) is 13.3 Å². The fraction of sp³-hybridized carbons (Fsp3) is 0.316. The molecule has 29 heavy (non-hydrogen) atoms. The van der Waals surface area contributed by atoms with E-state index in [1.165, 1.54) is 44.0 Å². The summed E-state index contributed by atoms with van der Waals surface area (Å²) in [5.74, 6) is -1.00. The number of halogens is 1. The molecule has 0 N–H and O–H groups in total. The topological polar surface area (TPSA) is 96.1 Å². The molecule has 0 fully saturated rings. The summed E-state index contributed by atoms with van der Waals surface area (Å²) in [4.78, 5) is 45.9. The van der Waals surface area contributed by atoms with Gasteiger partial charge in [0.05, 0.1) is 12.7 Å². The minimum atomic E-state index is -0.631. The quantitative estimate of drug-likeness (QED) is 0.355. The molecular formula is C19H19FN4O4S. The maximum Gasteiger partial charge on any atom is 0.332 e. The highest BCUT2D eigenvalue weighted by Gasteiger charge is 2.25. The Morgan fingerprint density at radius 1 is 1.21 bits per heavy atom. The molecule has 0 radical (unpaired) electrons. The second-order valence-corrected chi connectivity index (χ2v) is 7.47. The second kappa shape index (κ2) is 8.16. The molecule has 0 aliphatic carbocycles. The molecule has 0 bridgehead atoms. The summed E-state index contributed by atoms with van der Waals surface area (Å²) in [7, 11) is 4.09. The van der Waals surface area contributed by atoms with Crippen molar-refractivity contribution in [3.8, 4) is 11.4 Å². The standard InChI is InChI=1S/C19H19FN4O4S/c1-5-12(18(26)28-4)29-16-13-15(23(2)19(27)24(3)17(13)25)21-14(22-16)10-8-6-7-9-11(10)20/h6-9,12H,5H2,1-4H3/t12-/m1/s1. The first-order valence-electron chi connectivity index (χ1n) is 8.77. The maximum atomic E-state index is 14.3. The highest BCUT2D eigenvalue weighted by atomic mass is 32.2. The van der Waals surface area contributed by atoms with Crippen LogP contribution >= 0.6 is 11.8 Å². The number of carbonyl (C=O) groups excluding carboxylic acids is 1. The third kappa shape index (κ3) is 3.67. The number of thioether (sulfide) groups is 1. The van der Waals surface area contributed by atoms with Gasteiger partial charge in [-0.05, 0) is 18.6 Å². The van der Waals surface area contributed by atoms with Gasteiger partial charge in [-0.3, -0.25) is 18.7 Å². The number of benzene rings is 1. The van der Waals surface area contributed by atoms with Crippen LogP contribution in [0.4, 0.5) is 4.39 Å². The molecule has 1 atom stereocenters. The Labute approximate surface area is 169 Å². The van der Waals surface area contributed by atoms with E-state index in [-0.39, 0.29) is 27.4 Å². The van der Waals surface area contributed by atoms with Gasteiger partial charge < -0.3 is 4.74 Å². The summed E-state index contributed by atoms with van der Waals surface area (Å²) in [6, 6.07) is 5.93. The van der Waals surface area contributed by atoms with E-state index in [0.717, 1.165) is 16.3 Å². The summed E-state index contributed by atoms with van der Waals surface area (Å²) >= 11 is 1.03. The van der Waals surface area contributed by atoms with Crippen LogP contribution in [0.15, 0.2) is 38.9 Å². The van der Waals surface area contributed by atoms with Crippen molar-refractivity contribution < 1.29 is 13.9 Å². The van der Waals surface area contributed by atoms with E-state index in [2.05, 4.69) is 9.97 Å². The Balaban J connectivity index is 2.38. The molecule has 10 heteroatoms. The number of rotatable bonds is 5. The molecule has 8 nitrogen and oxygen atoms in total. The van der Waals surface area contributed by atoms with E-state index in [1.807, 2.05) is 0 Å². The van der Waals surface area contributed by atoms with Crippen molar-refractivity contribution in [2.45, 2.75) is 23.6 Å². The molecule has 0 spiro atoms. The summed E-state index contributed by atoms with van der Waals surface area (Å²) in [6.07, 6.45) is 0.421. The van der Waals surface area contributed by atoms with Gasteiger partial charge >= 0.3 is 11.7 Å². The summed E-state index contributed by atoms with van der Waals surface area (Å²) in [5, 5.41) is -0.364. The highest BCUT2D eigenvalue weighted by Crippen LogP contribution is 2.31. The van der Waals surface area contributed by atoms with Crippen molar-refractivity contribution in [1.29, 1.82) is 0 Å². The number of aryl methyl sites for hydroxylation is 1. The van der Waals surface area contributed by atoms with Gasteiger partial charge in [0.15, 0.2) is 11.5 Å². The average Bonchev–Trinajstić information content (AvgIpc) is 2.73. The highest BCUT2D eigenvalue weighted by molar-refractivity contribution is 8.00.